The fourth-order valence-corrected chi connectivity index (χ4v) is 5.59. The molecule has 3 aliphatic rings. The van der Waals surface area contributed by atoms with Crippen molar-refractivity contribution < 1.29 is 44.3 Å². The molecule has 7 N–H and O–H groups in total. The summed E-state index contributed by atoms with van der Waals surface area (Å²) >= 11 is 0. The Bertz CT molecular complexity index is 1190. The van der Waals surface area contributed by atoms with Crippen molar-refractivity contribution in [3.8, 4) is 5.75 Å². The van der Waals surface area contributed by atoms with E-state index < -0.39 is 87.2 Å². The lowest BCUT2D eigenvalue weighted by Gasteiger charge is -2.53. The molecule has 6 atom stereocenters. The smallest absolute Gasteiger partial charge is 0.255 e. The van der Waals surface area contributed by atoms with Crippen LogP contribution < -0.4 is 5.73 Å². The highest BCUT2D eigenvalue weighted by molar-refractivity contribution is 6.24. The zero-order chi connectivity index (χ0) is 24.7. The van der Waals surface area contributed by atoms with Gasteiger partial charge in [-0.1, -0.05) is 13.0 Å². The van der Waals surface area contributed by atoms with Gasteiger partial charge in [0.1, 0.15) is 17.1 Å². The van der Waals surface area contributed by atoms with E-state index in [-0.39, 0.29) is 11.1 Å². The average molecular weight is 462 g/mol. The number of nitrogens with zero attached hydrogens (tertiary/aromatic N) is 1. The van der Waals surface area contributed by atoms with E-state index in [1.165, 1.54) is 25.1 Å². The van der Waals surface area contributed by atoms with E-state index in [1.54, 1.807) is 6.92 Å². The molecule has 0 aromatic heterocycles. The fourth-order valence-electron chi connectivity index (χ4n) is 5.59. The molecule has 1 amide bonds. The first-order chi connectivity index (χ1) is 15.3. The maximum Gasteiger partial charge on any atom is 0.255 e. The molecule has 0 bridgehead atoms. The number of carbonyl (C=O) groups excluding carboxylic acids is 3. The molecule has 0 radical (unpaired) electrons. The highest BCUT2D eigenvalue weighted by Crippen LogP contribution is 2.56. The van der Waals surface area contributed by atoms with Gasteiger partial charge in [-0.15, -0.1) is 0 Å². The number of primary amides is 1. The number of fused-ring (bicyclic) bond motifs is 3. The van der Waals surface area contributed by atoms with Crippen molar-refractivity contribution >= 4 is 23.2 Å². The van der Waals surface area contributed by atoms with Crippen molar-refractivity contribution in [3.05, 3.63) is 46.0 Å². The zero-order valence-electron chi connectivity index (χ0n) is 17.9. The van der Waals surface area contributed by atoms with Crippen molar-refractivity contribution in [2.45, 2.75) is 30.6 Å². The predicted molar refractivity (Wildman–Crippen MR) is 110 cm³/mol. The number of rotatable bonds is 2. The summed E-state index contributed by atoms with van der Waals surface area (Å²) in [5, 5.41) is 54.7. The number of phenolic OH excluding ortho intramolecular Hbond substituents is 1. The quantitative estimate of drug-likeness (QED) is 0.320. The number of likely N-dealkylation sites (N-methyl/N-ethyl adjacent to an activating group) is 1. The minimum atomic E-state index is -2.99. The second-order valence-electron chi connectivity index (χ2n) is 8.91. The van der Waals surface area contributed by atoms with Gasteiger partial charge in [-0.3, -0.25) is 19.3 Å². The highest BCUT2D eigenvalue weighted by atomic mass is 19.1. The molecular formula is C22H23FN2O8. The Morgan fingerprint density at radius 1 is 1.18 bits per heavy atom. The molecule has 0 heterocycles. The number of aliphatic hydroxyl groups is 4. The van der Waals surface area contributed by atoms with Crippen molar-refractivity contribution in [2.75, 3.05) is 14.1 Å². The number of nitrogens with two attached hydrogens (primary N) is 1. The standard InChI is InChI=1S/C22H23FN2O8/c1-6-7-4-5-8(23)15(26)10(7)16(27)11-9(6)17(28)13-14(25(2)3)18(29)12(21(24)32)20(31)22(13,33)19(11)30/h4-6,9,13-14,17,26-28,31,33H,1-3H3,(H2,24,32)/t6-,9+,13+,14-,17-,22-/m0/s1. The van der Waals surface area contributed by atoms with E-state index in [1.807, 2.05) is 0 Å². The monoisotopic (exact) mass is 462 g/mol. The number of hydrogen-bond donors (Lipinski definition) is 6. The normalized spacial score (nSPS) is 33.7. The van der Waals surface area contributed by atoms with Crippen molar-refractivity contribution in [3.63, 3.8) is 0 Å². The Balaban J connectivity index is 2.07. The molecule has 4 rings (SSSR count). The number of phenols is 1. The summed E-state index contributed by atoms with van der Waals surface area (Å²) in [5.74, 6) is -11.5. The second kappa shape index (κ2) is 7.11. The molecule has 1 aromatic carbocycles. The van der Waals surface area contributed by atoms with Crippen LogP contribution in [0.5, 0.6) is 5.75 Å². The van der Waals surface area contributed by atoms with Gasteiger partial charge in [0.05, 0.1) is 23.6 Å². The third-order valence-corrected chi connectivity index (χ3v) is 7.08. The molecule has 3 aliphatic carbocycles. The maximum absolute atomic E-state index is 14.0. The Morgan fingerprint density at radius 2 is 1.79 bits per heavy atom. The first-order valence-corrected chi connectivity index (χ1v) is 10.1. The largest absolute Gasteiger partial charge is 0.508 e. The number of Topliss-reactive ketones (excluding diaryl/α,β-unsaturated/α-hetero) is 2. The van der Waals surface area contributed by atoms with Gasteiger partial charge in [-0.25, -0.2) is 4.39 Å². The third-order valence-electron chi connectivity index (χ3n) is 7.08. The van der Waals surface area contributed by atoms with Gasteiger partial charge in [-0.2, -0.15) is 0 Å². The maximum atomic E-state index is 14.0. The molecule has 33 heavy (non-hydrogen) atoms. The van der Waals surface area contributed by atoms with Crippen molar-refractivity contribution in [2.24, 2.45) is 17.6 Å². The van der Waals surface area contributed by atoms with Gasteiger partial charge in [0.15, 0.2) is 23.0 Å². The van der Waals surface area contributed by atoms with E-state index in [0.717, 1.165) is 6.07 Å². The van der Waals surface area contributed by atoms with Crippen molar-refractivity contribution in [1.29, 1.82) is 0 Å². The predicted octanol–water partition coefficient (Wildman–Crippen LogP) is -0.365. The van der Waals surface area contributed by atoms with Gasteiger partial charge >= 0.3 is 0 Å². The lowest BCUT2D eigenvalue weighted by Crippen LogP contribution is -2.70. The Hall–Kier alpha value is -3.28. The van der Waals surface area contributed by atoms with E-state index >= 15 is 0 Å². The molecule has 1 saturated carbocycles. The van der Waals surface area contributed by atoms with Gasteiger partial charge < -0.3 is 31.3 Å². The van der Waals surface area contributed by atoms with Crippen LogP contribution in [-0.2, 0) is 14.4 Å². The SMILES string of the molecule is C[C@H]1c2ccc(F)c(O)c2C(O)=C2C(=O)[C@]3(O)C(O)=C(C(N)=O)C(=O)[C@@H](N(C)C)[C@@H]3[C@@H](O)[C@@H]21. The molecular weight excluding hydrogens is 439 g/mol. The first-order valence-electron chi connectivity index (χ1n) is 10.1. The summed E-state index contributed by atoms with van der Waals surface area (Å²) in [6.07, 6.45) is -1.69. The minimum Gasteiger partial charge on any atom is -0.508 e. The molecule has 0 unspecified atom stereocenters. The van der Waals surface area contributed by atoms with Crippen LogP contribution in [0.1, 0.15) is 24.0 Å². The first kappa shape index (κ1) is 22.9. The lowest BCUT2D eigenvalue weighted by atomic mass is 9.54. The lowest BCUT2D eigenvalue weighted by molar-refractivity contribution is -0.169. The summed E-state index contributed by atoms with van der Waals surface area (Å²) in [6, 6.07) is 0.834. The number of amides is 1. The number of benzene rings is 1. The van der Waals surface area contributed by atoms with Crippen LogP contribution in [0.2, 0.25) is 0 Å². The van der Waals surface area contributed by atoms with Gasteiger partial charge in [0, 0.05) is 11.5 Å². The third kappa shape index (κ3) is 2.66. The topological polar surface area (TPSA) is 182 Å². The van der Waals surface area contributed by atoms with E-state index in [9.17, 15) is 44.3 Å². The van der Waals surface area contributed by atoms with Crippen LogP contribution in [0.4, 0.5) is 4.39 Å². The average Bonchev–Trinajstić information content (AvgIpc) is 2.72. The number of halogens is 1. The van der Waals surface area contributed by atoms with Crippen LogP contribution in [0, 0.1) is 17.7 Å². The van der Waals surface area contributed by atoms with Gasteiger partial charge in [-0.05, 0) is 31.6 Å². The molecule has 176 valence electrons. The van der Waals surface area contributed by atoms with Crippen molar-refractivity contribution in [1.82, 2.24) is 4.90 Å². The highest BCUT2D eigenvalue weighted by Gasteiger charge is 2.68. The number of carbonyl (C=O) groups is 3. The summed E-state index contributed by atoms with van der Waals surface area (Å²) in [6.45, 7) is 1.56. The Morgan fingerprint density at radius 3 is 2.33 bits per heavy atom. The molecule has 11 heteroatoms. The van der Waals surface area contributed by atoms with Gasteiger partial charge in [0.2, 0.25) is 5.78 Å². The molecule has 1 aromatic rings. The Labute approximate surface area is 187 Å². The minimum absolute atomic E-state index is 0.235. The van der Waals surface area contributed by atoms with Crippen LogP contribution in [-0.4, -0.2) is 79.7 Å². The summed E-state index contributed by atoms with van der Waals surface area (Å²) < 4.78 is 14.0. The Kier molecular flexibility index (Phi) is 4.93. The number of hydrogen-bond acceptors (Lipinski definition) is 9. The molecule has 10 nitrogen and oxygen atoms in total. The molecule has 0 aliphatic heterocycles. The summed E-state index contributed by atoms with van der Waals surface area (Å²) in [5.41, 5.74) is 0.532. The number of aromatic hydroxyl groups is 1. The molecule has 1 fully saturated rings. The number of ketones is 2. The fraction of sp³-hybridized carbons (Fsp3) is 0.409. The van der Waals surface area contributed by atoms with Crippen LogP contribution >= 0.6 is 0 Å². The van der Waals surface area contributed by atoms with Gasteiger partial charge in [0.25, 0.3) is 5.91 Å². The molecule has 0 saturated heterocycles. The van der Waals surface area contributed by atoms with Crippen LogP contribution in [0.3, 0.4) is 0 Å². The zero-order valence-corrected chi connectivity index (χ0v) is 17.9. The molecule has 0 spiro atoms. The van der Waals surface area contributed by atoms with E-state index in [0.29, 0.717) is 0 Å². The summed E-state index contributed by atoms with van der Waals surface area (Å²) in [7, 11) is 2.84. The van der Waals surface area contributed by atoms with E-state index in [4.69, 9.17) is 5.73 Å². The van der Waals surface area contributed by atoms with E-state index in [2.05, 4.69) is 0 Å². The summed E-state index contributed by atoms with van der Waals surface area (Å²) in [4.78, 5) is 39.9. The number of aliphatic hydroxyl groups excluding tert-OH is 3. The van der Waals surface area contributed by atoms with Crippen LogP contribution in [0.25, 0.3) is 5.76 Å². The second-order valence-corrected chi connectivity index (χ2v) is 8.91. The van der Waals surface area contributed by atoms with Crippen LogP contribution in [0.15, 0.2) is 29.0 Å².